The molecule has 0 aliphatic heterocycles. The van der Waals surface area contributed by atoms with E-state index < -0.39 is 19.3 Å². The van der Waals surface area contributed by atoms with Gasteiger partial charge in [0, 0.05) is 0 Å². The van der Waals surface area contributed by atoms with Gasteiger partial charge in [0.2, 0.25) is 8.32 Å². The molecule has 1 atom stereocenters. The highest BCUT2D eigenvalue weighted by molar-refractivity contribution is 7.85. The second-order valence-electron chi connectivity index (χ2n) is 9.04. The SMILES string of the molecule is CCC/C(=N\S(=O)C(C)(C)C)c1ccc(O[Si](C)(C)C(C)(C)C)cc1. The fourth-order valence-electron chi connectivity index (χ4n) is 1.88. The third-order valence-electron chi connectivity index (χ3n) is 4.57. The zero-order valence-electron chi connectivity index (χ0n) is 17.4. The zero-order valence-corrected chi connectivity index (χ0v) is 19.2. The second kappa shape index (κ2) is 8.17. The molecular formula is C20H35NO2SSi. The summed E-state index contributed by atoms with van der Waals surface area (Å²) < 4.78 is 22.9. The maximum absolute atomic E-state index is 12.4. The van der Waals surface area contributed by atoms with E-state index >= 15 is 0 Å². The van der Waals surface area contributed by atoms with Crippen molar-refractivity contribution in [3.8, 4) is 5.75 Å². The number of hydrogen-bond donors (Lipinski definition) is 0. The van der Waals surface area contributed by atoms with Crippen molar-refractivity contribution in [1.29, 1.82) is 0 Å². The topological polar surface area (TPSA) is 38.7 Å². The van der Waals surface area contributed by atoms with E-state index in [-0.39, 0.29) is 9.79 Å². The average Bonchev–Trinajstić information content (AvgIpc) is 2.45. The van der Waals surface area contributed by atoms with Gasteiger partial charge in [-0.15, -0.1) is 0 Å². The van der Waals surface area contributed by atoms with Gasteiger partial charge < -0.3 is 4.43 Å². The Kier molecular flexibility index (Phi) is 7.22. The number of benzene rings is 1. The standard InChI is InChI=1S/C20H35NO2SSi/c1-10-11-18(21-24(22)19(2,3)4)16-12-14-17(15-13-16)23-25(8,9)20(5,6)7/h12-15H,10-11H2,1-9H3/b21-18+. The maximum atomic E-state index is 12.4. The quantitative estimate of drug-likeness (QED) is 0.439. The maximum Gasteiger partial charge on any atom is 0.250 e. The smallest absolute Gasteiger partial charge is 0.250 e. The minimum atomic E-state index is -1.84. The molecule has 1 unspecified atom stereocenters. The average molecular weight is 382 g/mol. The second-order valence-corrected chi connectivity index (χ2v) is 15.7. The Bertz CT molecular complexity index is 623. The minimum absolute atomic E-state index is 0.171. The van der Waals surface area contributed by atoms with Crippen LogP contribution in [0.1, 0.15) is 66.9 Å². The normalized spacial score (nSPS) is 15.2. The Morgan fingerprint density at radius 1 is 1.08 bits per heavy atom. The Morgan fingerprint density at radius 2 is 1.60 bits per heavy atom. The Morgan fingerprint density at radius 3 is 2.00 bits per heavy atom. The van der Waals surface area contributed by atoms with Gasteiger partial charge in [0.15, 0.2) is 0 Å². The molecule has 25 heavy (non-hydrogen) atoms. The lowest BCUT2D eigenvalue weighted by Gasteiger charge is -2.36. The van der Waals surface area contributed by atoms with Gasteiger partial charge in [0.05, 0.1) is 10.5 Å². The van der Waals surface area contributed by atoms with Gasteiger partial charge in [-0.25, -0.2) is 4.21 Å². The van der Waals surface area contributed by atoms with Crippen LogP contribution in [0.2, 0.25) is 18.1 Å². The summed E-state index contributed by atoms with van der Waals surface area (Å²) in [5.74, 6) is 0.906. The third kappa shape index (κ3) is 6.37. The first kappa shape index (κ1) is 22.1. The monoisotopic (exact) mass is 381 g/mol. The predicted molar refractivity (Wildman–Crippen MR) is 114 cm³/mol. The molecule has 0 amide bonds. The molecule has 3 nitrogen and oxygen atoms in total. The van der Waals surface area contributed by atoms with Crippen molar-refractivity contribution < 1.29 is 8.63 Å². The summed E-state index contributed by atoms with van der Waals surface area (Å²) in [6, 6.07) is 8.11. The Balaban J connectivity index is 3.06. The van der Waals surface area contributed by atoms with Crippen LogP contribution in [0.25, 0.3) is 0 Å². The molecule has 0 aromatic heterocycles. The van der Waals surface area contributed by atoms with Crippen LogP contribution in [0.4, 0.5) is 0 Å². The van der Waals surface area contributed by atoms with Crippen LogP contribution < -0.4 is 4.43 Å². The van der Waals surface area contributed by atoms with Gasteiger partial charge in [-0.3, -0.25) is 0 Å². The van der Waals surface area contributed by atoms with Gasteiger partial charge in [-0.1, -0.05) is 34.1 Å². The molecule has 0 spiro atoms. The summed E-state index contributed by atoms with van der Waals surface area (Å²) in [4.78, 5) is 0. The summed E-state index contributed by atoms with van der Waals surface area (Å²) in [6.45, 7) is 19.2. The predicted octanol–water partition coefficient (Wildman–Crippen LogP) is 6.12. The first-order valence-electron chi connectivity index (χ1n) is 9.07. The number of rotatable bonds is 6. The van der Waals surface area contributed by atoms with E-state index in [0.29, 0.717) is 0 Å². The lowest BCUT2D eigenvalue weighted by atomic mass is 10.1. The Labute approximate surface area is 158 Å². The molecule has 5 heteroatoms. The van der Waals surface area contributed by atoms with Crippen molar-refractivity contribution in [2.45, 2.75) is 84.2 Å². The molecule has 0 radical (unpaired) electrons. The fraction of sp³-hybridized carbons (Fsp3) is 0.650. The summed E-state index contributed by atoms with van der Waals surface area (Å²) in [5, 5.41) is 0.171. The van der Waals surface area contributed by atoms with E-state index in [1.807, 2.05) is 45.0 Å². The molecule has 0 aliphatic carbocycles. The molecule has 142 valence electrons. The molecule has 0 heterocycles. The van der Waals surface area contributed by atoms with Crippen molar-refractivity contribution in [2.75, 3.05) is 0 Å². The van der Waals surface area contributed by atoms with Crippen LogP contribution in [0, 0.1) is 0 Å². The molecule has 0 N–H and O–H groups in total. The van der Waals surface area contributed by atoms with Crippen molar-refractivity contribution in [2.24, 2.45) is 4.40 Å². The van der Waals surface area contributed by atoms with Crippen molar-refractivity contribution in [1.82, 2.24) is 0 Å². The summed E-state index contributed by atoms with van der Waals surface area (Å²) in [5.41, 5.74) is 1.94. The lowest BCUT2D eigenvalue weighted by molar-refractivity contribution is 0.492. The first-order valence-corrected chi connectivity index (χ1v) is 13.1. The van der Waals surface area contributed by atoms with Crippen molar-refractivity contribution in [3.05, 3.63) is 29.8 Å². The minimum Gasteiger partial charge on any atom is -0.544 e. The Hall–Kier alpha value is -0.943. The van der Waals surface area contributed by atoms with Gasteiger partial charge >= 0.3 is 0 Å². The summed E-state index contributed by atoms with van der Waals surface area (Å²) in [7, 11) is -3.07. The summed E-state index contributed by atoms with van der Waals surface area (Å²) >= 11 is 0. The van der Waals surface area contributed by atoms with Gasteiger partial charge in [-0.05, 0) is 75.2 Å². The molecule has 1 aromatic carbocycles. The van der Waals surface area contributed by atoms with Crippen LogP contribution in [-0.4, -0.2) is 23.0 Å². The molecule has 0 fully saturated rings. The zero-order chi connectivity index (χ0) is 19.5. The molecular weight excluding hydrogens is 346 g/mol. The molecule has 0 saturated carbocycles. The van der Waals surface area contributed by atoms with Gasteiger partial charge in [0.1, 0.15) is 16.7 Å². The highest BCUT2D eigenvalue weighted by atomic mass is 32.2. The van der Waals surface area contributed by atoms with Crippen molar-refractivity contribution in [3.63, 3.8) is 0 Å². The van der Waals surface area contributed by atoms with E-state index in [1.54, 1.807) is 0 Å². The molecule has 0 bridgehead atoms. The van der Waals surface area contributed by atoms with Crippen molar-refractivity contribution >= 4 is 25.0 Å². The van der Waals surface area contributed by atoms with E-state index in [1.165, 1.54) is 0 Å². The molecule has 0 aliphatic rings. The largest absolute Gasteiger partial charge is 0.544 e. The highest BCUT2D eigenvalue weighted by Gasteiger charge is 2.38. The highest BCUT2D eigenvalue weighted by Crippen LogP contribution is 2.37. The van der Waals surface area contributed by atoms with Crippen LogP contribution in [0.15, 0.2) is 28.7 Å². The molecule has 0 saturated heterocycles. The van der Waals surface area contributed by atoms with Crippen LogP contribution in [0.5, 0.6) is 5.75 Å². The lowest BCUT2D eigenvalue weighted by Crippen LogP contribution is -2.43. The van der Waals surface area contributed by atoms with Crippen LogP contribution in [0.3, 0.4) is 0 Å². The van der Waals surface area contributed by atoms with E-state index in [4.69, 9.17) is 4.43 Å². The molecule has 1 rings (SSSR count). The van der Waals surface area contributed by atoms with Gasteiger partial charge in [0.25, 0.3) is 0 Å². The van der Waals surface area contributed by atoms with Crippen LogP contribution >= 0.6 is 0 Å². The van der Waals surface area contributed by atoms with Gasteiger partial charge in [-0.2, -0.15) is 4.40 Å². The van der Waals surface area contributed by atoms with E-state index in [0.717, 1.165) is 29.9 Å². The van der Waals surface area contributed by atoms with E-state index in [2.05, 4.69) is 45.2 Å². The van der Waals surface area contributed by atoms with Crippen LogP contribution in [-0.2, 0) is 11.0 Å². The fourth-order valence-corrected chi connectivity index (χ4v) is 3.58. The summed E-state index contributed by atoms with van der Waals surface area (Å²) in [6.07, 6.45) is 1.80. The molecule has 1 aromatic rings. The first-order chi connectivity index (χ1) is 11.3. The number of hydrogen-bond acceptors (Lipinski definition) is 2. The van der Waals surface area contributed by atoms with E-state index in [9.17, 15) is 4.21 Å². The third-order valence-corrected chi connectivity index (χ3v) is 10.4. The number of nitrogens with zero attached hydrogens (tertiary/aromatic N) is 1.